The summed E-state index contributed by atoms with van der Waals surface area (Å²) < 4.78 is 20.7. The molecule has 0 bridgehead atoms. The van der Waals surface area contributed by atoms with Gasteiger partial charge >= 0.3 is 0 Å². The molecule has 1 aromatic heterocycles. The average Bonchev–Trinajstić information content (AvgIpc) is 3.04. The van der Waals surface area contributed by atoms with E-state index in [-0.39, 0.29) is 11.9 Å². The zero-order valence-electron chi connectivity index (χ0n) is 13.1. The molecule has 2 heterocycles. The van der Waals surface area contributed by atoms with Crippen molar-refractivity contribution in [3.8, 4) is 0 Å². The molecule has 1 aliphatic heterocycles. The van der Waals surface area contributed by atoms with Crippen LogP contribution in [0.15, 0.2) is 30.6 Å². The topological polar surface area (TPSA) is 63.4 Å². The van der Waals surface area contributed by atoms with E-state index in [0.717, 1.165) is 18.9 Å². The Morgan fingerprint density at radius 2 is 2.17 bits per heavy atom. The number of ether oxygens (including phenoxy) is 1. The van der Waals surface area contributed by atoms with Crippen molar-refractivity contribution in [2.45, 2.75) is 25.7 Å². The van der Waals surface area contributed by atoms with Crippen LogP contribution in [0.5, 0.6) is 0 Å². The van der Waals surface area contributed by atoms with E-state index in [4.69, 9.17) is 4.74 Å². The lowest BCUT2D eigenvalue weighted by atomic mass is 10.1. The Bertz CT molecular complexity index is 631. The molecule has 0 saturated carbocycles. The fourth-order valence-electron chi connectivity index (χ4n) is 2.82. The third-order valence-corrected chi connectivity index (χ3v) is 4.11. The summed E-state index contributed by atoms with van der Waals surface area (Å²) in [7, 11) is 0. The summed E-state index contributed by atoms with van der Waals surface area (Å²) in [6.45, 7) is 5.28. The lowest BCUT2D eigenvalue weighted by Gasteiger charge is -2.33. The number of aromatic nitrogens is 3. The molecule has 1 saturated heterocycles. The summed E-state index contributed by atoms with van der Waals surface area (Å²) >= 11 is 0. The monoisotopic (exact) mass is 320 g/mol. The van der Waals surface area contributed by atoms with E-state index in [2.05, 4.69) is 15.1 Å². The number of β-amino-alcohol motifs (C(OH)–C–C–N with tert-alkyl or cyclic N) is 1. The van der Waals surface area contributed by atoms with E-state index >= 15 is 0 Å². The molecular weight excluding hydrogens is 299 g/mol. The van der Waals surface area contributed by atoms with Crippen LogP contribution in [-0.4, -0.2) is 51.0 Å². The molecular formula is C16H21FN4O2. The molecule has 2 aromatic rings. The summed E-state index contributed by atoms with van der Waals surface area (Å²) in [5.74, 6) is 0.514. The van der Waals surface area contributed by atoms with Gasteiger partial charge in [-0.2, -0.15) is 0 Å². The number of aliphatic hydroxyl groups is 1. The molecule has 2 atom stereocenters. The van der Waals surface area contributed by atoms with Crippen molar-refractivity contribution in [3.63, 3.8) is 0 Å². The summed E-state index contributed by atoms with van der Waals surface area (Å²) in [5, 5.41) is 18.4. The third-order valence-electron chi connectivity index (χ3n) is 4.11. The Balaban J connectivity index is 1.63. The SMILES string of the molecule is CCn1cnnc1[C@H]1CN(C[C@@H](O)c2ccc(F)cc2)CCO1. The van der Waals surface area contributed by atoms with Gasteiger partial charge in [0.05, 0.1) is 12.7 Å². The van der Waals surface area contributed by atoms with Crippen LogP contribution in [0.25, 0.3) is 0 Å². The molecule has 0 amide bonds. The van der Waals surface area contributed by atoms with Gasteiger partial charge in [0.2, 0.25) is 0 Å². The minimum Gasteiger partial charge on any atom is -0.387 e. The summed E-state index contributed by atoms with van der Waals surface area (Å²) in [4.78, 5) is 2.14. The van der Waals surface area contributed by atoms with Crippen LogP contribution < -0.4 is 0 Å². The van der Waals surface area contributed by atoms with Crippen LogP contribution in [0.2, 0.25) is 0 Å². The van der Waals surface area contributed by atoms with E-state index in [9.17, 15) is 9.50 Å². The van der Waals surface area contributed by atoms with Gasteiger partial charge in [-0.1, -0.05) is 12.1 Å². The molecule has 0 aliphatic carbocycles. The van der Waals surface area contributed by atoms with Gasteiger partial charge in [0, 0.05) is 26.2 Å². The highest BCUT2D eigenvalue weighted by atomic mass is 19.1. The highest BCUT2D eigenvalue weighted by Gasteiger charge is 2.27. The van der Waals surface area contributed by atoms with Gasteiger partial charge in [-0.05, 0) is 24.6 Å². The quantitative estimate of drug-likeness (QED) is 0.905. The number of aryl methyl sites for hydroxylation is 1. The third kappa shape index (κ3) is 3.74. The Morgan fingerprint density at radius 3 is 2.91 bits per heavy atom. The van der Waals surface area contributed by atoms with Gasteiger partial charge in [-0.15, -0.1) is 10.2 Å². The number of halogens is 1. The minimum absolute atomic E-state index is 0.147. The maximum Gasteiger partial charge on any atom is 0.163 e. The van der Waals surface area contributed by atoms with Crippen molar-refractivity contribution < 1.29 is 14.2 Å². The predicted molar refractivity (Wildman–Crippen MR) is 82.2 cm³/mol. The first-order valence-electron chi connectivity index (χ1n) is 7.82. The maximum absolute atomic E-state index is 13.0. The van der Waals surface area contributed by atoms with Crippen molar-refractivity contribution in [2.24, 2.45) is 0 Å². The fraction of sp³-hybridized carbons (Fsp3) is 0.500. The first-order valence-corrected chi connectivity index (χ1v) is 7.82. The van der Waals surface area contributed by atoms with Crippen LogP contribution in [-0.2, 0) is 11.3 Å². The molecule has 23 heavy (non-hydrogen) atoms. The zero-order chi connectivity index (χ0) is 16.2. The molecule has 7 heteroatoms. The molecule has 0 spiro atoms. The van der Waals surface area contributed by atoms with Crippen LogP contribution in [0.4, 0.5) is 4.39 Å². The molecule has 0 radical (unpaired) electrons. The highest BCUT2D eigenvalue weighted by Crippen LogP contribution is 2.23. The molecule has 124 valence electrons. The van der Waals surface area contributed by atoms with Crippen LogP contribution in [0, 0.1) is 5.82 Å². The van der Waals surface area contributed by atoms with Gasteiger partial charge in [0.25, 0.3) is 0 Å². The van der Waals surface area contributed by atoms with E-state index < -0.39 is 6.10 Å². The van der Waals surface area contributed by atoms with Crippen LogP contribution in [0.3, 0.4) is 0 Å². The first kappa shape index (κ1) is 16.0. The second-order valence-corrected chi connectivity index (χ2v) is 5.66. The number of hydrogen-bond donors (Lipinski definition) is 1. The number of benzene rings is 1. The maximum atomic E-state index is 13.0. The Labute approximate surface area is 134 Å². The lowest BCUT2D eigenvalue weighted by Crippen LogP contribution is -2.41. The fourth-order valence-corrected chi connectivity index (χ4v) is 2.82. The summed E-state index contributed by atoms with van der Waals surface area (Å²) in [6.07, 6.45) is 0.898. The Hall–Kier alpha value is -1.83. The number of hydrogen-bond acceptors (Lipinski definition) is 5. The van der Waals surface area contributed by atoms with Gasteiger partial charge in [-0.3, -0.25) is 4.90 Å². The van der Waals surface area contributed by atoms with Crippen molar-refractivity contribution >= 4 is 0 Å². The molecule has 1 fully saturated rings. The Morgan fingerprint density at radius 1 is 1.39 bits per heavy atom. The standard InChI is InChI=1S/C16H21FN4O2/c1-2-21-11-18-19-16(21)15-10-20(7-8-23-15)9-14(22)12-3-5-13(17)6-4-12/h3-6,11,14-15,22H,2,7-10H2,1H3/t14-,15-/m1/s1. The van der Waals surface area contributed by atoms with Gasteiger partial charge in [-0.25, -0.2) is 4.39 Å². The largest absolute Gasteiger partial charge is 0.387 e. The van der Waals surface area contributed by atoms with Crippen molar-refractivity contribution in [1.82, 2.24) is 19.7 Å². The van der Waals surface area contributed by atoms with Crippen molar-refractivity contribution in [2.75, 3.05) is 26.2 Å². The molecule has 1 aromatic carbocycles. The lowest BCUT2D eigenvalue weighted by molar-refractivity contribution is -0.0476. The predicted octanol–water partition coefficient (Wildman–Crippen LogP) is 1.54. The van der Waals surface area contributed by atoms with Crippen LogP contribution in [0.1, 0.15) is 30.5 Å². The molecule has 1 N–H and O–H groups in total. The summed E-state index contributed by atoms with van der Waals surface area (Å²) in [5.41, 5.74) is 0.714. The smallest absolute Gasteiger partial charge is 0.163 e. The van der Waals surface area contributed by atoms with E-state index in [1.807, 2.05) is 11.5 Å². The van der Waals surface area contributed by atoms with E-state index in [0.29, 0.717) is 25.3 Å². The average molecular weight is 320 g/mol. The van der Waals surface area contributed by atoms with Gasteiger partial charge in [0.1, 0.15) is 18.2 Å². The normalized spacial score (nSPS) is 20.6. The van der Waals surface area contributed by atoms with E-state index in [1.165, 1.54) is 12.1 Å². The van der Waals surface area contributed by atoms with Gasteiger partial charge in [0.15, 0.2) is 5.82 Å². The number of nitrogens with zero attached hydrogens (tertiary/aromatic N) is 4. The second-order valence-electron chi connectivity index (χ2n) is 5.66. The second kappa shape index (κ2) is 7.16. The van der Waals surface area contributed by atoms with E-state index in [1.54, 1.807) is 18.5 Å². The van der Waals surface area contributed by atoms with Crippen molar-refractivity contribution in [3.05, 3.63) is 47.8 Å². The molecule has 6 nitrogen and oxygen atoms in total. The van der Waals surface area contributed by atoms with Crippen LogP contribution >= 0.6 is 0 Å². The number of morpholine rings is 1. The molecule has 3 rings (SSSR count). The summed E-state index contributed by atoms with van der Waals surface area (Å²) in [6, 6.07) is 5.96. The zero-order valence-corrected chi connectivity index (χ0v) is 13.1. The molecule has 0 unspecified atom stereocenters. The minimum atomic E-state index is -0.654. The van der Waals surface area contributed by atoms with Gasteiger partial charge < -0.3 is 14.4 Å². The molecule has 1 aliphatic rings. The number of rotatable bonds is 5. The first-order chi connectivity index (χ1) is 11.2. The van der Waals surface area contributed by atoms with Crippen molar-refractivity contribution in [1.29, 1.82) is 0 Å². The number of aliphatic hydroxyl groups excluding tert-OH is 1. The Kier molecular flexibility index (Phi) is 5.00. The highest BCUT2D eigenvalue weighted by molar-refractivity contribution is 5.18.